The third kappa shape index (κ3) is 4.46. The minimum atomic E-state index is -2.45. The summed E-state index contributed by atoms with van der Waals surface area (Å²) >= 11 is 0. The maximum Gasteiger partial charge on any atom is 0.263 e. The molecular weight excluding hydrogens is 274 g/mol. The van der Waals surface area contributed by atoms with Crippen molar-refractivity contribution in [2.45, 2.75) is 37.8 Å². The quantitative estimate of drug-likeness (QED) is 0.877. The Labute approximate surface area is 125 Å². The minimum Gasteiger partial charge on any atom is -0.377 e. The predicted molar refractivity (Wildman–Crippen MR) is 79.4 cm³/mol. The van der Waals surface area contributed by atoms with E-state index in [9.17, 15) is 8.78 Å². The van der Waals surface area contributed by atoms with Gasteiger partial charge in [0.15, 0.2) is 0 Å². The smallest absolute Gasteiger partial charge is 0.263 e. The van der Waals surface area contributed by atoms with Crippen LogP contribution in [0.25, 0.3) is 0 Å². The van der Waals surface area contributed by atoms with E-state index in [1.54, 1.807) is 12.1 Å². The number of halogens is 2. The molecule has 0 saturated carbocycles. The van der Waals surface area contributed by atoms with E-state index in [0.717, 1.165) is 31.6 Å². The molecule has 2 rings (SSSR count). The Bertz CT molecular complexity index is 436. The van der Waals surface area contributed by atoms with Crippen LogP contribution in [0.5, 0.6) is 0 Å². The Hall–Kier alpha value is -1.04. The van der Waals surface area contributed by atoms with Gasteiger partial charge in [-0.25, -0.2) is 8.78 Å². The van der Waals surface area contributed by atoms with Gasteiger partial charge in [-0.15, -0.1) is 0 Å². The van der Waals surface area contributed by atoms with Gasteiger partial charge in [-0.2, -0.15) is 0 Å². The predicted octanol–water partition coefficient (Wildman–Crippen LogP) is 3.12. The van der Waals surface area contributed by atoms with Crippen LogP contribution in [0.15, 0.2) is 24.3 Å². The number of rotatable bonds is 6. The van der Waals surface area contributed by atoms with E-state index in [0.29, 0.717) is 6.54 Å². The molecular formula is C16H24F2N2O. The Kier molecular flexibility index (Phi) is 6.08. The molecule has 1 fully saturated rings. The van der Waals surface area contributed by atoms with E-state index in [1.807, 2.05) is 13.1 Å². The zero-order valence-electron chi connectivity index (χ0n) is 12.5. The Balaban J connectivity index is 2.05. The highest BCUT2D eigenvalue weighted by Crippen LogP contribution is 2.25. The van der Waals surface area contributed by atoms with Gasteiger partial charge in [0.2, 0.25) is 0 Å². The van der Waals surface area contributed by atoms with Gasteiger partial charge < -0.3 is 10.5 Å². The molecule has 1 aromatic carbocycles. The van der Waals surface area contributed by atoms with E-state index >= 15 is 0 Å². The fourth-order valence-corrected chi connectivity index (χ4v) is 2.87. The van der Waals surface area contributed by atoms with Crippen molar-refractivity contribution in [2.24, 2.45) is 5.73 Å². The third-order valence-corrected chi connectivity index (χ3v) is 4.07. The summed E-state index contributed by atoms with van der Waals surface area (Å²) in [6, 6.07) is 6.48. The van der Waals surface area contributed by atoms with Crippen LogP contribution < -0.4 is 5.73 Å². The topological polar surface area (TPSA) is 38.5 Å². The number of benzene rings is 1. The summed E-state index contributed by atoms with van der Waals surface area (Å²) in [7, 11) is 1.98. The molecule has 1 aliphatic rings. The molecule has 2 unspecified atom stereocenters. The maximum absolute atomic E-state index is 12.8. The molecule has 5 heteroatoms. The molecule has 0 aliphatic carbocycles. The van der Waals surface area contributed by atoms with Crippen LogP contribution in [-0.2, 0) is 4.74 Å². The van der Waals surface area contributed by atoms with Crippen LogP contribution in [0.4, 0.5) is 8.78 Å². The monoisotopic (exact) mass is 298 g/mol. The molecule has 21 heavy (non-hydrogen) atoms. The van der Waals surface area contributed by atoms with E-state index in [4.69, 9.17) is 10.5 Å². The normalized spacial score (nSPS) is 21.0. The van der Waals surface area contributed by atoms with E-state index in [2.05, 4.69) is 4.90 Å². The third-order valence-electron chi connectivity index (χ3n) is 4.07. The van der Waals surface area contributed by atoms with E-state index < -0.39 is 6.43 Å². The molecule has 1 heterocycles. The molecule has 2 atom stereocenters. The van der Waals surface area contributed by atoms with Crippen molar-refractivity contribution in [2.75, 3.05) is 26.7 Å². The fourth-order valence-electron chi connectivity index (χ4n) is 2.87. The number of hydrogen-bond acceptors (Lipinski definition) is 3. The lowest BCUT2D eigenvalue weighted by atomic mass is 10.0. The number of hydrogen-bond donors (Lipinski definition) is 1. The molecule has 0 bridgehead atoms. The molecule has 0 aromatic heterocycles. The molecule has 1 aromatic rings. The Morgan fingerprint density at radius 2 is 2.10 bits per heavy atom. The van der Waals surface area contributed by atoms with Crippen LogP contribution in [0, 0.1) is 0 Å². The van der Waals surface area contributed by atoms with Crippen LogP contribution in [0.2, 0.25) is 0 Å². The number of nitrogens with zero attached hydrogens (tertiary/aromatic N) is 1. The summed E-state index contributed by atoms with van der Waals surface area (Å²) in [5.41, 5.74) is 6.76. The second-order valence-corrected chi connectivity index (χ2v) is 5.65. The number of alkyl halides is 2. The summed E-state index contributed by atoms with van der Waals surface area (Å²) < 4.78 is 31.4. The van der Waals surface area contributed by atoms with Crippen molar-refractivity contribution >= 4 is 0 Å². The molecule has 0 radical (unpaired) electrons. The van der Waals surface area contributed by atoms with Gasteiger partial charge >= 0.3 is 0 Å². The number of ether oxygens (including phenoxy) is 1. The molecule has 1 saturated heterocycles. The van der Waals surface area contributed by atoms with Crippen molar-refractivity contribution in [3.63, 3.8) is 0 Å². The second-order valence-electron chi connectivity index (χ2n) is 5.65. The molecule has 118 valence electrons. The van der Waals surface area contributed by atoms with E-state index in [-0.39, 0.29) is 17.7 Å². The summed E-state index contributed by atoms with van der Waals surface area (Å²) in [6.45, 7) is 1.99. The first-order chi connectivity index (χ1) is 10.1. The maximum atomic E-state index is 12.8. The largest absolute Gasteiger partial charge is 0.377 e. The lowest BCUT2D eigenvalue weighted by Gasteiger charge is -2.32. The molecule has 1 aliphatic heterocycles. The Morgan fingerprint density at radius 3 is 2.71 bits per heavy atom. The van der Waals surface area contributed by atoms with Crippen LogP contribution in [0.1, 0.15) is 42.9 Å². The minimum absolute atomic E-state index is 0.0493. The average Bonchev–Trinajstić information content (AvgIpc) is 2.49. The van der Waals surface area contributed by atoms with Gasteiger partial charge in [0.1, 0.15) is 0 Å². The fraction of sp³-hybridized carbons (Fsp3) is 0.625. The number of likely N-dealkylation sites (N-methyl/N-ethyl adjacent to an activating group) is 1. The zero-order valence-corrected chi connectivity index (χ0v) is 12.5. The van der Waals surface area contributed by atoms with Crippen LogP contribution in [0.3, 0.4) is 0 Å². The molecule has 3 nitrogen and oxygen atoms in total. The SMILES string of the molecule is CN(CC1CCCCO1)C(CN)c1cccc(C(F)F)c1. The van der Waals surface area contributed by atoms with Crippen LogP contribution in [-0.4, -0.2) is 37.7 Å². The lowest BCUT2D eigenvalue weighted by Crippen LogP contribution is -2.38. The van der Waals surface area contributed by atoms with Gasteiger partial charge in [0.25, 0.3) is 6.43 Å². The van der Waals surface area contributed by atoms with Crippen LogP contribution >= 0.6 is 0 Å². The first kappa shape index (κ1) is 16.3. The Morgan fingerprint density at radius 1 is 1.33 bits per heavy atom. The second kappa shape index (κ2) is 7.82. The van der Waals surface area contributed by atoms with E-state index in [1.165, 1.54) is 12.5 Å². The zero-order chi connectivity index (χ0) is 15.2. The highest BCUT2D eigenvalue weighted by Gasteiger charge is 2.22. The van der Waals surface area contributed by atoms with Gasteiger partial charge in [-0.05, 0) is 37.9 Å². The standard InChI is InChI=1S/C16H24F2N2O/c1-20(11-14-7-2-3-8-21-14)15(10-19)12-5-4-6-13(9-12)16(17)18/h4-6,9,14-16H,2-3,7-8,10-11,19H2,1H3. The molecule has 0 amide bonds. The first-order valence-electron chi connectivity index (χ1n) is 7.51. The van der Waals surface area contributed by atoms with Gasteiger partial charge in [-0.1, -0.05) is 18.2 Å². The average molecular weight is 298 g/mol. The summed E-state index contributed by atoms with van der Waals surface area (Å²) in [4.78, 5) is 2.11. The molecule has 0 spiro atoms. The van der Waals surface area contributed by atoms with Crippen molar-refractivity contribution in [3.8, 4) is 0 Å². The molecule has 2 N–H and O–H groups in total. The van der Waals surface area contributed by atoms with Crippen molar-refractivity contribution in [1.29, 1.82) is 0 Å². The highest BCUT2D eigenvalue weighted by atomic mass is 19.3. The van der Waals surface area contributed by atoms with Crippen molar-refractivity contribution in [3.05, 3.63) is 35.4 Å². The van der Waals surface area contributed by atoms with Gasteiger partial charge in [0, 0.05) is 31.3 Å². The van der Waals surface area contributed by atoms with Gasteiger partial charge in [-0.3, -0.25) is 4.90 Å². The first-order valence-corrected chi connectivity index (χ1v) is 7.51. The summed E-state index contributed by atoms with van der Waals surface area (Å²) in [5, 5.41) is 0. The summed E-state index contributed by atoms with van der Waals surface area (Å²) in [6.07, 6.45) is 1.13. The lowest BCUT2D eigenvalue weighted by molar-refractivity contribution is -0.00779. The number of nitrogens with two attached hydrogens (primary N) is 1. The van der Waals surface area contributed by atoms with Crippen molar-refractivity contribution < 1.29 is 13.5 Å². The summed E-state index contributed by atoms with van der Waals surface area (Å²) in [5.74, 6) is 0. The highest BCUT2D eigenvalue weighted by molar-refractivity contribution is 5.27. The van der Waals surface area contributed by atoms with Gasteiger partial charge in [0.05, 0.1) is 6.10 Å². The van der Waals surface area contributed by atoms with Crippen molar-refractivity contribution in [1.82, 2.24) is 4.90 Å².